The summed E-state index contributed by atoms with van der Waals surface area (Å²) in [6.07, 6.45) is 5.88. The Kier molecular flexibility index (Phi) is 8.50. The monoisotopic (exact) mass is 578 g/mol. The van der Waals surface area contributed by atoms with Crippen LogP contribution in [0.5, 0.6) is 0 Å². The summed E-state index contributed by atoms with van der Waals surface area (Å²) in [5.74, 6) is -0.539. The molecule has 2 heterocycles. The zero-order valence-electron chi connectivity index (χ0n) is 23.1. The molecule has 12 heteroatoms. The van der Waals surface area contributed by atoms with Gasteiger partial charge < -0.3 is 9.73 Å². The standard InChI is InChI=1S/C29H34N6O5S/c1-3-20(2)32-41(38,39)23-16-14-22(15-17-23)35(27(36)19-34-25-12-7-6-11-24(25)31-33-34)28(26-13-8-18-40-26)29(37)30-21-9-4-5-10-21/h6-8,11-18,20-21,28,32H,3-5,9-10,19H2,1-2H3,(H,30,37)/t20-,28+/m0/s1. The second kappa shape index (κ2) is 12.2. The molecule has 1 aliphatic carbocycles. The number of para-hydroxylation sites is 1. The second-order valence-electron chi connectivity index (χ2n) is 10.3. The molecule has 2 aromatic heterocycles. The van der Waals surface area contributed by atoms with Crippen LogP contribution in [0.15, 0.2) is 76.2 Å². The molecule has 1 aliphatic rings. The van der Waals surface area contributed by atoms with Gasteiger partial charge >= 0.3 is 0 Å². The average Bonchev–Trinajstić information content (AvgIpc) is 3.75. The van der Waals surface area contributed by atoms with Gasteiger partial charge in [0.25, 0.3) is 5.91 Å². The van der Waals surface area contributed by atoms with Crippen LogP contribution in [0.2, 0.25) is 0 Å². The average molecular weight is 579 g/mol. The Morgan fingerprint density at radius 1 is 1.07 bits per heavy atom. The van der Waals surface area contributed by atoms with Crippen molar-refractivity contribution in [1.82, 2.24) is 25.0 Å². The van der Waals surface area contributed by atoms with Crippen LogP contribution < -0.4 is 14.9 Å². The van der Waals surface area contributed by atoms with Gasteiger partial charge in [-0.15, -0.1) is 5.10 Å². The van der Waals surface area contributed by atoms with E-state index < -0.39 is 22.0 Å². The van der Waals surface area contributed by atoms with Crippen LogP contribution in [-0.4, -0.2) is 47.3 Å². The van der Waals surface area contributed by atoms with Gasteiger partial charge in [-0.3, -0.25) is 14.5 Å². The molecule has 0 spiro atoms. The van der Waals surface area contributed by atoms with Gasteiger partial charge in [0.1, 0.15) is 17.8 Å². The van der Waals surface area contributed by atoms with Gasteiger partial charge in [0.2, 0.25) is 15.9 Å². The molecule has 1 saturated carbocycles. The van der Waals surface area contributed by atoms with E-state index in [1.807, 2.05) is 25.1 Å². The highest BCUT2D eigenvalue weighted by molar-refractivity contribution is 7.89. The number of sulfonamides is 1. The van der Waals surface area contributed by atoms with Crippen LogP contribution in [0.1, 0.15) is 57.8 Å². The molecule has 4 aromatic rings. The van der Waals surface area contributed by atoms with E-state index in [-0.39, 0.29) is 35.2 Å². The Morgan fingerprint density at radius 2 is 1.80 bits per heavy atom. The number of nitrogens with one attached hydrogen (secondary N) is 2. The van der Waals surface area contributed by atoms with Gasteiger partial charge in [0.15, 0.2) is 6.04 Å². The van der Waals surface area contributed by atoms with Crippen molar-refractivity contribution >= 4 is 38.6 Å². The molecule has 2 amide bonds. The maximum Gasteiger partial charge on any atom is 0.251 e. The van der Waals surface area contributed by atoms with Crippen LogP contribution >= 0.6 is 0 Å². The molecule has 5 rings (SSSR count). The number of anilines is 1. The largest absolute Gasteiger partial charge is 0.467 e. The quantitative estimate of drug-likeness (QED) is 0.275. The molecule has 0 unspecified atom stereocenters. The zero-order chi connectivity index (χ0) is 29.0. The smallest absolute Gasteiger partial charge is 0.251 e. The molecule has 216 valence electrons. The topological polar surface area (TPSA) is 139 Å². The van der Waals surface area contributed by atoms with Gasteiger partial charge in [0.05, 0.1) is 16.7 Å². The molecule has 2 atom stereocenters. The van der Waals surface area contributed by atoms with E-state index in [1.54, 1.807) is 25.1 Å². The molecule has 0 bridgehead atoms. The molecule has 0 saturated heterocycles. The van der Waals surface area contributed by atoms with Crippen LogP contribution in [0.4, 0.5) is 5.69 Å². The van der Waals surface area contributed by atoms with Gasteiger partial charge in [-0.2, -0.15) is 0 Å². The van der Waals surface area contributed by atoms with E-state index in [2.05, 4.69) is 20.4 Å². The molecule has 2 aromatic carbocycles. The van der Waals surface area contributed by atoms with E-state index in [0.29, 0.717) is 23.1 Å². The second-order valence-corrected chi connectivity index (χ2v) is 12.0. The van der Waals surface area contributed by atoms with E-state index in [9.17, 15) is 18.0 Å². The van der Waals surface area contributed by atoms with E-state index >= 15 is 0 Å². The maximum atomic E-state index is 14.1. The van der Waals surface area contributed by atoms with Crippen molar-refractivity contribution in [2.75, 3.05) is 4.90 Å². The summed E-state index contributed by atoms with van der Waals surface area (Å²) in [6.45, 7) is 3.48. The molecular formula is C29H34N6O5S. The molecule has 2 N–H and O–H groups in total. The summed E-state index contributed by atoms with van der Waals surface area (Å²) in [6, 6.07) is 15.2. The van der Waals surface area contributed by atoms with Crippen molar-refractivity contribution in [3.8, 4) is 0 Å². The summed E-state index contributed by atoms with van der Waals surface area (Å²) >= 11 is 0. The number of benzene rings is 2. The number of carbonyl (C=O) groups excluding carboxylic acids is 2. The van der Waals surface area contributed by atoms with Crippen molar-refractivity contribution in [1.29, 1.82) is 0 Å². The Morgan fingerprint density at radius 3 is 2.49 bits per heavy atom. The molecule has 0 aliphatic heterocycles. The van der Waals surface area contributed by atoms with Crippen molar-refractivity contribution in [3.63, 3.8) is 0 Å². The third-order valence-corrected chi connectivity index (χ3v) is 8.99. The number of furan rings is 1. The molecule has 0 radical (unpaired) electrons. The lowest BCUT2D eigenvalue weighted by Gasteiger charge is -2.31. The van der Waals surface area contributed by atoms with Crippen LogP contribution in [0.25, 0.3) is 11.0 Å². The van der Waals surface area contributed by atoms with E-state index in [4.69, 9.17) is 4.42 Å². The Hall–Kier alpha value is -4.03. The lowest BCUT2D eigenvalue weighted by atomic mass is 10.1. The number of nitrogens with zero attached hydrogens (tertiary/aromatic N) is 4. The lowest BCUT2D eigenvalue weighted by molar-refractivity contribution is -0.127. The fourth-order valence-electron chi connectivity index (χ4n) is 5.05. The third-order valence-electron chi connectivity index (χ3n) is 7.39. The first kappa shape index (κ1) is 28.5. The number of fused-ring (bicyclic) bond motifs is 1. The summed E-state index contributed by atoms with van der Waals surface area (Å²) in [5.41, 5.74) is 1.64. The van der Waals surface area contributed by atoms with Gasteiger partial charge in [-0.25, -0.2) is 17.8 Å². The number of rotatable bonds is 11. The molecular weight excluding hydrogens is 544 g/mol. The number of hydrogen-bond acceptors (Lipinski definition) is 7. The van der Waals surface area contributed by atoms with Crippen molar-refractivity contribution < 1.29 is 22.4 Å². The Labute approximate surface area is 238 Å². The first-order valence-corrected chi connectivity index (χ1v) is 15.3. The molecule has 41 heavy (non-hydrogen) atoms. The van der Waals surface area contributed by atoms with Crippen molar-refractivity contribution in [2.24, 2.45) is 0 Å². The minimum Gasteiger partial charge on any atom is -0.467 e. The van der Waals surface area contributed by atoms with Crippen LogP contribution in [0, 0.1) is 0 Å². The Bertz CT molecular complexity index is 1590. The van der Waals surface area contributed by atoms with Crippen molar-refractivity contribution in [2.45, 2.75) is 75.5 Å². The van der Waals surface area contributed by atoms with Crippen molar-refractivity contribution in [3.05, 3.63) is 72.7 Å². The first-order valence-electron chi connectivity index (χ1n) is 13.8. The van der Waals surface area contributed by atoms with Crippen LogP contribution in [-0.2, 0) is 26.2 Å². The third kappa shape index (κ3) is 6.33. The predicted octanol–water partition coefficient (Wildman–Crippen LogP) is 3.93. The number of carbonyl (C=O) groups is 2. The fraction of sp³-hybridized carbons (Fsp3) is 0.379. The molecule has 1 fully saturated rings. The summed E-state index contributed by atoms with van der Waals surface area (Å²) in [7, 11) is -3.77. The highest BCUT2D eigenvalue weighted by atomic mass is 32.2. The summed E-state index contributed by atoms with van der Waals surface area (Å²) in [5, 5.41) is 11.4. The van der Waals surface area contributed by atoms with E-state index in [1.165, 1.54) is 40.1 Å². The SMILES string of the molecule is CC[C@H](C)NS(=O)(=O)c1ccc(N(C(=O)Cn2nnc3ccccc32)[C@@H](C(=O)NC2CCCC2)c2ccco2)cc1. The summed E-state index contributed by atoms with van der Waals surface area (Å²) < 4.78 is 35.6. The number of hydrogen-bond donors (Lipinski definition) is 2. The van der Waals surface area contributed by atoms with Gasteiger partial charge in [0, 0.05) is 17.8 Å². The highest BCUT2D eigenvalue weighted by Gasteiger charge is 2.36. The first-order chi connectivity index (χ1) is 19.8. The Balaban J connectivity index is 1.53. The number of amides is 2. The zero-order valence-corrected chi connectivity index (χ0v) is 23.9. The lowest BCUT2D eigenvalue weighted by Crippen LogP contribution is -2.47. The minimum absolute atomic E-state index is 0.00956. The normalized spacial score (nSPS) is 15.6. The maximum absolute atomic E-state index is 14.1. The van der Waals surface area contributed by atoms with Gasteiger partial charge in [-0.1, -0.05) is 37.1 Å². The number of aromatic nitrogens is 3. The minimum atomic E-state index is -3.77. The highest BCUT2D eigenvalue weighted by Crippen LogP contribution is 2.31. The van der Waals surface area contributed by atoms with Crippen LogP contribution in [0.3, 0.4) is 0 Å². The van der Waals surface area contributed by atoms with E-state index in [0.717, 1.165) is 25.7 Å². The molecule has 11 nitrogen and oxygen atoms in total. The van der Waals surface area contributed by atoms with Gasteiger partial charge in [-0.05, 0) is 74.7 Å². The fourth-order valence-corrected chi connectivity index (χ4v) is 6.38. The summed E-state index contributed by atoms with van der Waals surface area (Å²) in [4.78, 5) is 29.3. The predicted molar refractivity (Wildman–Crippen MR) is 153 cm³/mol.